The largest absolute Gasteiger partial charge is 0.395 e. The molecule has 8 N–H and O–H groups in total. The Morgan fingerprint density at radius 2 is 1.84 bits per heavy atom. The molecule has 0 radical (unpaired) electrons. The number of ether oxygens (including phenoxy) is 1. The third kappa shape index (κ3) is 5.44. The molecule has 44 heavy (non-hydrogen) atoms. The summed E-state index contributed by atoms with van der Waals surface area (Å²) in [5.41, 5.74) is 7.96. The second-order valence-electron chi connectivity index (χ2n) is 12.6. The molecule has 6 rings (SSSR count). The average Bonchev–Trinajstić information content (AvgIpc) is 3.69. The first-order valence-electron chi connectivity index (χ1n) is 15.2. The Hall–Kier alpha value is -3.24. The minimum absolute atomic E-state index is 0.225. The first kappa shape index (κ1) is 30.8. The number of fused-ring (bicyclic) bond motifs is 2. The number of benzene rings is 1. The number of nitrogen functional groups attached to an aromatic ring is 1. The Labute approximate surface area is 254 Å². The van der Waals surface area contributed by atoms with Crippen LogP contribution in [0.25, 0.3) is 22.2 Å². The summed E-state index contributed by atoms with van der Waals surface area (Å²) in [6.07, 6.45) is 3.00. The standard InChI is InChI=1S/C30H42N8O6/c1-16(2)37(10-22-25(42)26(43)29(44-22)38-15-34-24-27(31)32-14-33-28(24)38)19-7-17(8-19)3-6-23-35-20-5-4-18(9-21(20)36-23)30(11-39,12-40)13-41/h4-5,9,14-17,19,22,25-26,29,39-43H,3,6-8,10-13H2,1-2H3,(H,35,36)(H2,31,32,33)/t17?,19?,22-,25-,26-,29-/m1/s1. The smallest absolute Gasteiger partial charge is 0.167 e. The SMILES string of the molecule is CC(C)N(C[C@H]1O[C@@H](n2cnc3c(N)ncnc32)[C@H](O)[C@@H]1O)C1CC(CCc2nc3ccc(C(CO)(CO)CO)cc3[nH]2)C1. The molecule has 2 fully saturated rings. The summed E-state index contributed by atoms with van der Waals surface area (Å²) in [5, 5.41) is 51.2. The summed E-state index contributed by atoms with van der Waals surface area (Å²) >= 11 is 0. The van der Waals surface area contributed by atoms with E-state index in [1.807, 2.05) is 12.1 Å². The molecule has 14 nitrogen and oxygen atoms in total. The normalized spacial score (nSPS) is 25.9. The molecule has 14 heteroatoms. The van der Waals surface area contributed by atoms with E-state index in [4.69, 9.17) is 15.5 Å². The fraction of sp³-hybridized carbons (Fsp3) is 0.600. The van der Waals surface area contributed by atoms with Gasteiger partial charge in [-0.3, -0.25) is 9.47 Å². The van der Waals surface area contributed by atoms with Gasteiger partial charge in [0, 0.05) is 25.0 Å². The van der Waals surface area contributed by atoms with Crippen molar-refractivity contribution in [3.63, 3.8) is 0 Å². The number of aryl methyl sites for hydroxylation is 1. The molecule has 0 bridgehead atoms. The first-order valence-corrected chi connectivity index (χ1v) is 15.2. The van der Waals surface area contributed by atoms with Gasteiger partial charge >= 0.3 is 0 Å². The first-order chi connectivity index (χ1) is 21.2. The van der Waals surface area contributed by atoms with Crippen molar-refractivity contribution in [3.8, 4) is 0 Å². The quantitative estimate of drug-likeness (QED) is 0.115. The van der Waals surface area contributed by atoms with Crippen LogP contribution >= 0.6 is 0 Å². The highest BCUT2D eigenvalue weighted by molar-refractivity contribution is 5.81. The fourth-order valence-electron chi connectivity index (χ4n) is 6.64. The van der Waals surface area contributed by atoms with E-state index in [0.717, 1.165) is 42.5 Å². The van der Waals surface area contributed by atoms with E-state index < -0.39 is 30.0 Å². The fourth-order valence-corrected chi connectivity index (χ4v) is 6.64. The number of hydrogen-bond donors (Lipinski definition) is 7. The van der Waals surface area contributed by atoms with Crippen LogP contribution in [0, 0.1) is 5.92 Å². The maximum Gasteiger partial charge on any atom is 0.167 e. The van der Waals surface area contributed by atoms with Gasteiger partial charge in [-0.1, -0.05) is 6.07 Å². The van der Waals surface area contributed by atoms with Crippen LogP contribution in [0.2, 0.25) is 0 Å². The number of hydrogen-bond acceptors (Lipinski definition) is 12. The number of anilines is 1. The van der Waals surface area contributed by atoms with Crippen molar-refractivity contribution in [1.29, 1.82) is 0 Å². The zero-order valence-corrected chi connectivity index (χ0v) is 25.0. The van der Waals surface area contributed by atoms with Gasteiger partial charge in [-0.25, -0.2) is 19.9 Å². The lowest BCUT2D eigenvalue weighted by Crippen LogP contribution is -2.52. The molecular weight excluding hydrogens is 568 g/mol. The van der Waals surface area contributed by atoms with Crippen LogP contribution in [-0.4, -0.2) is 117 Å². The molecule has 2 aliphatic rings. The van der Waals surface area contributed by atoms with Gasteiger partial charge in [0.15, 0.2) is 17.7 Å². The van der Waals surface area contributed by atoms with Gasteiger partial charge in [0.1, 0.15) is 36.0 Å². The lowest BCUT2D eigenvalue weighted by atomic mass is 9.76. The topological polar surface area (TPSA) is 212 Å². The molecule has 238 valence electrons. The van der Waals surface area contributed by atoms with Gasteiger partial charge < -0.3 is 41.0 Å². The van der Waals surface area contributed by atoms with Gasteiger partial charge in [-0.05, 0) is 56.7 Å². The number of aromatic amines is 1. The van der Waals surface area contributed by atoms with E-state index in [1.54, 1.807) is 10.6 Å². The molecule has 0 spiro atoms. The van der Waals surface area contributed by atoms with Crippen LogP contribution in [0.1, 0.15) is 50.7 Å². The minimum atomic E-state index is -1.15. The van der Waals surface area contributed by atoms with Crippen LogP contribution in [-0.2, 0) is 16.6 Å². The molecule has 0 amide bonds. The summed E-state index contributed by atoms with van der Waals surface area (Å²) in [6.45, 7) is 3.67. The predicted molar refractivity (Wildman–Crippen MR) is 161 cm³/mol. The second-order valence-corrected chi connectivity index (χ2v) is 12.6. The van der Waals surface area contributed by atoms with E-state index >= 15 is 0 Å². The predicted octanol–water partition coefficient (Wildman–Crippen LogP) is 0.241. The third-order valence-electron chi connectivity index (χ3n) is 9.57. The number of aliphatic hydroxyl groups is 5. The molecule has 1 aliphatic carbocycles. The zero-order chi connectivity index (χ0) is 31.2. The van der Waals surface area contributed by atoms with E-state index in [1.165, 1.54) is 12.7 Å². The summed E-state index contributed by atoms with van der Waals surface area (Å²) in [7, 11) is 0. The van der Waals surface area contributed by atoms with E-state index in [-0.39, 0.29) is 31.7 Å². The number of H-pyrrole nitrogens is 1. The van der Waals surface area contributed by atoms with Gasteiger partial charge in [-0.2, -0.15) is 0 Å². The second kappa shape index (κ2) is 12.3. The van der Waals surface area contributed by atoms with Crippen molar-refractivity contribution in [3.05, 3.63) is 42.2 Å². The number of rotatable bonds is 12. The van der Waals surface area contributed by atoms with Crippen molar-refractivity contribution in [2.45, 2.75) is 81.6 Å². The molecule has 1 saturated carbocycles. The van der Waals surface area contributed by atoms with Gasteiger partial charge in [0.05, 0.1) is 42.6 Å². The third-order valence-corrected chi connectivity index (χ3v) is 9.57. The Bertz CT molecular complexity index is 1570. The summed E-state index contributed by atoms with van der Waals surface area (Å²) in [4.78, 5) is 22.9. The van der Waals surface area contributed by atoms with Gasteiger partial charge in [0.2, 0.25) is 0 Å². The Balaban J connectivity index is 1.05. The highest BCUT2D eigenvalue weighted by Crippen LogP contribution is 2.38. The number of nitrogens with one attached hydrogen (secondary N) is 1. The van der Waals surface area contributed by atoms with Gasteiger partial charge in [0.25, 0.3) is 0 Å². The summed E-state index contributed by atoms with van der Waals surface area (Å²) in [5.74, 6) is 1.65. The summed E-state index contributed by atoms with van der Waals surface area (Å²) in [6, 6.07) is 6.05. The van der Waals surface area contributed by atoms with E-state index in [2.05, 4.69) is 38.7 Å². The molecule has 3 aromatic heterocycles. The number of aromatic nitrogens is 6. The molecule has 4 atom stereocenters. The van der Waals surface area contributed by atoms with Crippen LogP contribution in [0.15, 0.2) is 30.9 Å². The van der Waals surface area contributed by atoms with Crippen molar-refractivity contribution in [2.75, 3.05) is 32.1 Å². The molecule has 1 aliphatic heterocycles. The maximum absolute atomic E-state index is 10.9. The zero-order valence-electron chi connectivity index (χ0n) is 25.0. The number of nitrogens with two attached hydrogens (primary N) is 1. The van der Waals surface area contributed by atoms with Crippen LogP contribution in [0.5, 0.6) is 0 Å². The Morgan fingerprint density at radius 1 is 1.09 bits per heavy atom. The lowest BCUT2D eigenvalue weighted by Gasteiger charge is -2.46. The van der Waals surface area contributed by atoms with Crippen molar-refractivity contribution < 1.29 is 30.3 Å². The number of nitrogens with zero attached hydrogens (tertiary/aromatic N) is 6. The van der Waals surface area contributed by atoms with Crippen LogP contribution in [0.4, 0.5) is 5.82 Å². The molecule has 0 unspecified atom stereocenters. The molecule has 4 heterocycles. The highest BCUT2D eigenvalue weighted by Gasteiger charge is 2.46. The number of imidazole rings is 2. The lowest BCUT2D eigenvalue weighted by molar-refractivity contribution is -0.0620. The van der Waals surface area contributed by atoms with Crippen LogP contribution in [0.3, 0.4) is 0 Å². The Kier molecular flexibility index (Phi) is 8.58. The summed E-state index contributed by atoms with van der Waals surface area (Å²) < 4.78 is 7.81. The van der Waals surface area contributed by atoms with Crippen LogP contribution < -0.4 is 5.73 Å². The van der Waals surface area contributed by atoms with Gasteiger partial charge in [-0.15, -0.1) is 0 Å². The number of aliphatic hydroxyl groups excluding tert-OH is 5. The minimum Gasteiger partial charge on any atom is -0.395 e. The van der Waals surface area contributed by atoms with E-state index in [0.29, 0.717) is 35.2 Å². The Morgan fingerprint density at radius 3 is 2.55 bits per heavy atom. The molecule has 1 aromatic carbocycles. The van der Waals surface area contributed by atoms with Crippen molar-refractivity contribution >= 4 is 28.0 Å². The molecular formula is C30H42N8O6. The highest BCUT2D eigenvalue weighted by atomic mass is 16.6. The average molecular weight is 611 g/mol. The molecule has 1 saturated heterocycles. The molecule has 4 aromatic rings. The monoisotopic (exact) mass is 610 g/mol. The van der Waals surface area contributed by atoms with E-state index in [9.17, 15) is 25.5 Å². The van der Waals surface area contributed by atoms with Crippen molar-refractivity contribution in [2.24, 2.45) is 5.92 Å². The maximum atomic E-state index is 10.9. The van der Waals surface area contributed by atoms with Crippen molar-refractivity contribution in [1.82, 2.24) is 34.4 Å².